The third-order valence-electron chi connectivity index (χ3n) is 3.50. The summed E-state index contributed by atoms with van der Waals surface area (Å²) < 4.78 is 5.15. The number of allylic oxidation sites excluding steroid dienone is 1. The van der Waals surface area contributed by atoms with Gasteiger partial charge in [0, 0.05) is 12.2 Å². The van der Waals surface area contributed by atoms with E-state index in [1.807, 2.05) is 24.3 Å². The maximum absolute atomic E-state index is 5.15. The molecular weight excluding hydrogens is 258 g/mol. The summed E-state index contributed by atoms with van der Waals surface area (Å²) in [5, 5.41) is 3.39. The Labute approximate surface area is 127 Å². The van der Waals surface area contributed by atoms with Gasteiger partial charge in [-0.2, -0.15) is 0 Å². The molecule has 0 aromatic heterocycles. The molecule has 0 fully saturated rings. The van der Waals surface area contributed by atoms with Crippen molar-refractivity contribution < 1.29 is 4.74 Å². The summed E-state index contributed by atoms with van der Waals surface area (Å²) in [5.41, 5.74) is 3.93. The minimum absolute atomic E-state index is 0.854. The molecular formula is C19H23NO. The van der Waals surface area contributed by atoms with Gasteiger partial charge in [0.25, 0.3) is 0 Å². The molecule has 0 amide bonds. The highest BCUT2D eigenvalue weighted by molar-refractivity contribution is 5.46. The van der Waals surface area contributed by atoms with E-state index >= 15 is 0 Å². The Morgan fingerprint density at radius 3 is 2.43 bits per heavy atom. The van der Waals surface area contributed by atoms with E-state index in [1.165, 1.54) is 11.1 Å². The number of nitrogens with one attached hydrogen (secondary N) is 1. The van der Waals surface area contributed by atoms with Crippen molar-refractivity contribution in [2.75, 3.05) is 19.0 Å². The molecule has 0 spiro atoms. The van der Waals surface area contributed by atoms with Crippen LogP contribution in [0.2, 0.25) is 0 Å². The highest BCUT2D eigenvalue weighted by Gasteiger charge is 1.95. The maximum atomic E-state index is 5.15. The third-order valence-corrected chi connectivity index (χ3v) is 3.50. The Balaban J connectivity index is 1.75. The summed E-state index contributed by atoms with van der Waals surface area (Å²) in [6.07, 6.45) is 4.47. The molecule has 0 radical (unpaired) electrons. The van der Waals surface area contributed by atoms with E-state index in [9.17, 15) is 0 Å². The predicted molar refractivity (Wildman–Crippen MR) is 90.0 cm³/mol. The first kappa shape index (κ1) is 15.2. The summed E-state index contributed by atoms with van der Waals surface area (Å²) in [6.45, 7) is 3.05. The van der Waals surface area contributed by atoms with Gasteiger partial charge in [-0.1, -0.05) is 42.0 Å². The van der Waals surface area contributed by atoms with Crippen LogP contribution in [0.1, 0.15) is 18.9 Å². The lowest BCUT2D eigenvalue weighted by atomic mass is 10.1. The number of rotatable bonds is 7. The topological polar surface area (TPSA) is 21.3 Å². The second-order valence-electron chi connectivity index (χ2n) is 5.15. The first-order valence-corrected chi connectivity index (χ1v) is 7.35. The smallest absolute Gasteiger partial charge is 0.119 e. The Morgan fingerprint density at radius 1 is 1.05 bits per heavy atom. The van der Waals surface area contributed by atoms with Crippen molar-refractivity contribution in [3.63, 3.8) is 0 Å². The molecule has 1 N–H and O–H groups in total. The highest BCUT2D eigenvalue weighted by Crippen LogP contribution is 2.15. The van der Waals surface area contributed by atoms with Crippen molar-refractivity contribution >= 4 is 5.69 Å². The molecule has 0 atom stereocenters. The van der Waals surface area contributed by atoms with E-state index in [0.29, 0.717) is 0 Å². The monoisotopic (exact) mass is 281 g/mol. The summed E-state index contributed by atoms with van der Waals surface area (Å²) in [7, 11) is 1.68. The summed E-state index contributed by atoms with van der Waals surface area (Å²) in [6, 6.07) is 18.6. The molecule has 2 aromatic carbocycles. The van der Waals surface area contributed by atoms with E-state index in [0.717, 1.165) is 30.8 Å². The van der Waals surface area contributed by atoms with E-state index in [-0.39, 0.29) is 0 Å². The van der Waals surface area contributed by atoms with Crippen LogP contribution in [0, 0.1) is 0 Å². The SMILES string of the molecule is COc1ccc(NC/C=C(\C)CCc2ccccc2)cc1. The minimum atomic E-state index is 0.854. The van der Waals surface area contributed by atoms with Crippen molar-refractivity contribution in [1.29, 1.82) is 0 Å². The molecule has 0 aliphatic carbocycles. The van der Waals surface area contributed by atoms with E-state index in [1.54, 1.807) is 7.11 Å². The van der Waals surface area contributed by atoms with Crippen LogP contribution < -0.4 is 10.1 Å². The molecule has 110 valence electrons. The largest absolute Gasteiger partial charge is 0.497 e. The van der Waals surface area contributed by atoms with Crippen molar-refractivity contribution in [2.45, 2.75) is 19.8 Å². The van der Waals surface area contributed by atoms with Gasteiger partial charge in [-0.15, -0.1) is 0 Å². The number of aryl methyl sites for hydroxylation is 1. The van der Waals surface area contributed by atoms with Gasteiger partial charge in [-0.05, 0) is 49.6 Å². The van der Waals surface area contributed by atoms with Crippen LogP contribution in [0.15, 0.2) is 66.2 Å². The zero-order chi connectivity index (χ0) is 14.9. The fourth-order valence-corrected chi connectivity index (χ4v) is 2.14. The number of methoxy groups -OCH3 is 1. The number of benzene rings is 2. The van der Waals surface area contributed by atoms with Gasteiger partial charge in [0.05, 0.1) is 7.11 Å². The van der Waals surface area contributed by atoms with Gasteiger partial charge in [-0.25, -0.2) is 0 Å². The van der Waals surface area contributed by atoms with Crippen LogP contribution in [0.25, 0.3) is 0 Å². The van der Waals surface area contributed by atoms with Crippen molar-refractivity contribution in [2.24, 2.45) is 0 Å². The van der Waals surface area contributed by atoms with Gasteiger partial charge >= 0.3 is 0 Å². The summed E-state index contributed by atoms with van der Waals surface area (Å²) in [5.74, 6) is 0.884. The van der Waals surface area contributed by atoms with Crippen molar-refractivity contribution in [3.8, 4) is 5.75 Å². The number of ether oxygens (including phenoxy) is 1. The van der Waals surface area contributed by atoms with Gasteiger partial charge in [0.2, 0.25) is 0 Å². The fraction of sp³-hybridized carbons (Fsp3) is 0.263. The quantitative estimate of drug-likeness (QED) is 0.744. The Morgan fingerprint density at radius 2 is 1.76 bits per heavy atom. The second kappa shape index (κ2) is 8.15. The van der Waals surface area contributed by atoms with Crippen LogP contribution in [0.3, 0.4) is 0 Å². The zero-order valence-electron chi connectivity index (χ0n) is 12.8. The van der Waals surface area contributed by atoms with Gasteiger partial charge in [-0.3, -0.25) is 0 Å². The van der Waals surface area contributed by atoms with E-state index in [4.69, 9.17) is 4.74 Å². The Hall–Kier alpha value is -2.22. The van der Waals surface area contributed by atoms with Crippen LogP contribution in [0.4, 0.5) is 5.69 Å². The predicted octanol–water partition coefficient (Wildman–Crippen LogP) is 4.69. The van der Waals surface area contributed by atoms with Gasteiger partial charge < -0.3 is 10.1 Å². The Kier molecular flexibility index (Phi) is 5.89. The lowest BCUT2D eigenvalue weighted by Crippen LogP contribution is -1.99. The van der Waals surface area contributed by atoms with Gasteiger partial charge in [0.15, 0.2) is 0 Å². The maximum Gasteiger partial charge on any atom is 0.119 e. The second-order valence-corrected chi connectivity index (χ2v) is 5.15. The first-order chi connectivity index (χ1) is 10.3. The third kappa shape index (κ3) is 5.35. The minimum Gasteiger partial charge on any atom is -0.497 e. The van der Waals surface area contributed by atoms with Crippen molar-refractivity contribution in [1.82, 2.24) is 0 Å². The molecule has 2 heteroatoms. The van der Waals surface area contributed by atoms with Crippen molar-refractivity contribution in [3.05, 3.63) is 71.8 Å². The normalized spacial score (nSPS) is 11.2. The number of hydrogen-bond acceptors (Lipinski definition) is 2. The molecule has 21 heavy (non-hydrogen) atoms. The molecule has 0 heterocycles. The lowest BCUT2D eigenvalue weighted by molar-refractivity contribution is 0.415. The fourth-order valence-electron chi connectivity index (χ4n) is 2.14. The van der Waals surface area contributed by atoms with Crippen LogP contribution in [-0.4, -0.2) is 13.7 Å². The average molecular weight is 281 g/mol. The lowest BCUT2D eigenvalue weighted by Gasteiger charge is -2.06. The van der Waals surface area contributed by atoms with E-state index in [2.05, 4.69) is 48.6 Å². The summed E-state index contributed by atoms with van der Waals surface area (Å²) in [4.78, 5) is 0. The van der Waals surface area contributed by atoms with Crippen LogP contribution in [0.5, 0.6) is 5.75 Å². The number of hydrogen-bond donors (Lipinski definition) is 1. The summed E-state index contributed by atoms with van der Waals surface area (Å²) >= 11 is 0. The molecule has 2 aromatic rings. The molecule has 0 aliphatic rings. The molecule has 0 bridgehead atoms. The molecule has 2 rings (SSSR count). The average Bonchev–Trinajstić information content (AvgIpc) is 2.54. The van der Waals surface area contributed by atoms with Gasteiger partial charge in [0.1, 0.15) is 5.75 Å². The first-order valence-electron chi connectivity index (χ1n) is 7.35. The molecule has 2 nitrogen and oxygen atoms in total. The molecule has 0 saturated carbocycles. The Bertz CT molecular complexity index is 558. The van der Waals surface area contributed by atoms with Crippen LogP contribution in [-0.2, 0) is 6.42 Å². The zero-order valence-corrected chi connectivity index (χ0v) is 12.8. The van der Waals surface area contributed by atoms with E-state index < -0.39 is 0 Å². The molecule has 0 aliphatic heterocycles. The number of anilines is 1. The standard InChI is InChI=1S/C19H23NO/c1-16(8-9-17-6-4-3-5-7-17)14-15-20-18-10-12-19(21-2)13-11-18/h3-7,10-14,20H,8-9,15H2,1-2H3/b16-14+. The molecule has 0 saturated heterocycles. The molecule has 0 unspecified atom stereocenters. The highest BCUT2D eigenvalue weighted by atomic mass is 16.5. The van der Waals surface area contributed by atoms with Crippen LogP contribution >= 0.6 is 0 Å².